The standard InChI is InChI=1S/C10H14N2O2/c13-9-3-4-10(14)12(9)7-8-2-1-5-11-6-8/h3-4,8,11H,1-2,5-7H2. The third kappa shape index (κ3) is 1.85. The first kappa shape index (κ1) is 9.40. The van der Waals surface area contributed by atoms with Gasteiger partial charge in [0.15, 0.2) is 0 Å². The van der Waals surface area contributed by atoms with Crippen molar-refractivity contribution in [3.63, 3.8) is 0 Å². The van der Waals surface area contributed by atoms with Gasteiger partial charge in [0.25, 0.3) is 11.8 Å². The maximum absolute atomic E-state index is 11.3. The van der Waals surface area contributed by atoms with Gasteiger partial charge in [0.05, 0.1) is 0 Å². The van der Waals surface area contributed by atoms with E-state index < -0.39 is 0 Å². The van der Waals surface area contributed by atoms with Crippen LogP contribution in [0.3, 0.4) is 0 Å². The molecule has 1 fully saturated rings. The maximum Gasteiger partial charge on any atom is 0.253 e. The molecule has 2 aliphatic heterocycles. The zero-order valence-electron chi connectivity index (χ0n) is 8.03. The zero-order chi connectivity index (χ0) is 9.97. The first-order valence-electron chi connectivity index (χ1n) is 5.01. The van der Waals surface area contributed by atoms with Gasteiger partial charge in [-0.1, -0.05) is 0 Å². The number of imide groups is 1. The fourth-order valence-corrected chi connectivity index (χ4v) is 1.95. The highest BCUT2D eigenvalue weighted by molar-refractivity contribution is 6.12. The summed E-state index contributed by atoms with van der Waals surface area (Å²) in [4.78, 5) is 23.8. The normalized spacial score (nSPS) is 27.4. The molecule has 4 nitrogen and oxygen atoms in total. The third-order valence-corrected chi connectivity index (χ3v) is 2.74. The largest absolute Gasteiger partial charge is 0.316 e. The lowest BCUT2D eigenvalue weighted by atomic mass is 9.99. The molecule has 4 heteroatoms. The van der Waals surface area contributed by atoms with Crippen LogP contribution >= 0.6 is 0 Å². The Morgan fingerprint density at radius 3 is 2.64 bits per heavy atom. The second kappa shape index (κ2) is 3.92. The monoisotopic (exact) mass is 194 g/mol. The first-order chi connectivity index (χ1) is 6.77. The highest BCUT2D eigenvalue weighted by atomic mass is 16.2. The van der Waals surface area contributed by atoms with Crippen molar-refractivity contribution in [3.05, 3.63) is 12.2 Å². The van der Waals surface area contributed by atoms with Crippen molar-refractivity contribution in [2.75, 3.05) is 19.6 Å². The van der Waals surface area contributed by atoms with Gasteiger partial charge in [-0.15, -0.1) is 0 Å². The van der Waals surface area contributed by atoms with Gasteiger partial charge in [0, 0.05) is 18.7 Å². The van der Waals surface area contributed by atoms with Gasteiger partial charge in [-0.2, -0.15) is 0 Å². The summed E-state index contributed by atoms with van der Waals surface area (Å²) in [6.07, 6.45) is 4.93. The average Bonchev–Trinajstić information content (AvgIpc) is 2.51. The van der Waals surface area contributed by atoms with Crippen molar-refractivity contribution < 1.29 is 9.59 Å². The highest BCUT2D eigenvalue weighted by Gasteiger charge is 2.26. The lowest BCUT2D eigenvalue weighted by Gasteiger charge is -2.26. The van der Waals surface area contributed by atoms with Gasteiger partial charge in [-0.05, 0) is 31.8 Å². The smallest absolute Gasteiger partial charge is 0.253 e. The second-order valence-electron chi connectivity index (χ2n) is 3.83. The maximum atomic E-state index is 11.3. The van der Waals surface area contributed by atoms with E-state index in [0.717, 1.165) is 25.9 Å². The Labute approximate surface area is 83.0 Å². The Balaban J connectivity index is 1.90. The van der Waals surface area contributed by atoms with E-state index in [9.17, 15) is 9.59 Å². The van der Waals surface area contributed by atoms with Gasteiger partial charge in [0.1, 0.15) is 0 Å². The molecule has 1 saturated heterocycles. The van der Waals surface area contributed by atoms with E-state index >= 15 is 0 Å². The molecule has 0 aromatic heterocycles. The first-order valence-corrected chi connectivity index (χ1v) is 5.01. The summed E-state index contributed by atoms with van der Waals surface area (Å²) >= 11 is 0. The van der Waals surface area contributed by atoms with E-state index in [1.807, 2.05) is 0 Å². The molecule has 1 unspecified atom stereocenters. The number of piperidine rings is 1. The van der Waals surface area contributed by atoms with E-state index in [1.54, 1.807) is 0 Å². The number of carbonyl (C=O) groups is 2. The molecule has 14 heavy (non-hydrogen) atoms. The van der Waals surface area contributed by atoms with Crippen LogP contribution in [0, 0.1) is 5.92 Å². The molecule has 2 aliphatic rings. The predicted molar refractivity (Wildman–Crippen MR) is 51.5 cm³/mol. The Hall–Kier alpha value is -1.16. The Morgan fingerprint density at radius 2 is 2.07 bits per heavy atom. The highest BCUT2D eigenvalue weighted by Crippen LogP contribution is 2.14. The lowest BCUT2D eigenvalue weighted by molar-refractivity contribution is -0.137. The van der Waals surface area contributed by atoms with E-state index in [2.05, 4.69) is 5.32 Å². The van der Waals surface area contributed by atoms with Gasteiger partial charge in [0.2, 0.25) is 0 Å². The van der Waals surface area contributed by atoms with Crippen LogP contribution in [-0.4, -0.2) is 36.3 Å². The van der Waals surface area contributed by atoms with Gasteiger partial charge < -0.3 is 5.32 Å². The van der Waals surface area contributed by atoms with Crippen LogP contribution < -0.4 is 5.32 Å². The molecule has 1 atom stereocenters. The molecule has 76 valence electrons. The number of nitrogens with one attached hydrogen (secondary N) is 1. The molecule has 0 aromatic carbocycles. The van der Waals surface area contributed by atoms with Gasteiger partial charge in [-0.3, -0.25) is 14.5 Å². The summed E-state index contributed by atoms with van der Waals surface area (Å²) in [5.74, 6) is 0.0951. The minimum Gasteiger partial charge on any atom is -0.316 e. The number of carbonyl (C=O) groups excluding carboxylic acids is 2. The Kier molecular flexibility index (Phi) is 2.63. The summed E-state index contributed by atoms with van der Waals surface area (Å²) in [5.41, 5.74) is 0. The summed E-state index contributed by atoms with van der Waals surface area (Å²) in [7, 11) is 0. The van der Waals surface area contributed by atoms with Crippen molar-refractivity contribution in [2.24, 2.45) is 5.92 Å². The van der Waals surface area contributed by atoms with E-state index in [1.165, 1.54) is 17.1 Å². The number of hydrogen-bond donors (Lipinski definition) is 1. The van der Waals surface area contributed by atoms with Crippen LogP contribution in [0.4, 0.5) is 0 Å². The predicted octanol–water partition coefficient (Wildman–Crippen LogP) is -0.0890. The molecule has 2 amide bonds. The number of rotatable bonds is 2. The molecule has 2 heterocycles. The number of hydrogen-bond acceptors (Lipinski definition) is 3. The lowest BCUT2D eigenvalue weighted by Crippen LogP contribution is -2.40. The molecular formula is C10H14N2O2. The van der Waals surface area contributed by atoms with Crippen LogP contribution in [-0.2, 0) is 9.59 Å². The molecule has 0 saturated carbocycles. The summed E-state index contributed by atoms with van der Waals surface area (Å²) in [6.45, 7) is 2.53. The van der Waals surface area contributed by atoms with Crippen molar-refractivity contribution in [3.8, 4) is 0 Å². The van der Waals surface area contributed by atoms with E-state index in [0.29, 0.717) is 12.5 Å². The summed E-state index contributed by atoms with van der Waals surface area (Å²) in [6, 6.07) is 0. The minimum absolute atomic E-state index is 0.166. The Bertz CT molecular complexity index is 262. The van der Waals surface area contributed by atoms with Crippen LogP contribution in [0.5, 0.6) is 0 Å². The van der Waals surface area contributed by atoms with E-state index in [-0.39, 0.29) is 11.8 Å². The molecule has 0 bridgehead atoms. The quantitative estimate of drug-likeness (QED) is 0.625. The summed E-state index contributed by atoms with van der Waals surface area (Å²) < 4.78 is 0. The zero-order valence-corrected chi connectivity index (χ0v) is 8.03. The van der Waals surface area contributed by atoms with Gasteiger partial charge in [-0.25, -0.2) is 0 Å². The van der Waals surface area contributed by atoms with Crippen LogP contribution in [0.15, 0.2) is 12.2 Å². The third-order valence-electron chi connectivity index (χ3n) is 2.74. The van der Waals surface area contributed by atoms with Crippen LogP contribution in [0.2, 0.25) is 0 Å². The summed E-state index contributed by atoms with van der Waals surface area (Å²) in [5, 5.41) is 3.27. The molecule has 0 radical (unpaired) electrons. The fraction of sp³-hybridized carbons (Fsp3) is 0.600. The molecule has 0 spiro atoms. The van der Waals surface area contributed by atoms with Crippen LogP contribution in [0.1, 0.15) is 12.8 Å². The second-order valence-corrected chi connectivity index (χ2v) is 3.83. The average molecular weight is 194 g/mol. The molecule has 0 aliphatic carbocycles. The number of amides is 2. The fourth-order valence-electron chi connectivity index (χ4n) is 1.95. The molecule has 1 N–H and O–H groups in total. The Morgan fingerprint density at radius 1 is 1.36 bits per heavy atom. The topological polar surface area (TPSA) is 49.4 Å². The molecular weight excluding hydrogens is 180 g/mol. The molecule has 0 aromatic rings. The van der Waals surface area contributed by atoms with Crippen LogP contribution in [0.25, 0.3) is 0 Å². The van der Waals surface area contributed by atoms with Crippen molar-refractivity contribution >= 4 is 11.8 Å². The molecule has 2 rings (SSSR count). The SMILES string of the molecule is O=C1C=CC(=O)N1CC1CCCNC1. The van der Waals surface area contributed by atoms with Crippen molar-refractivity contribution in [1.29, 1.82) is 0 Å². The number of nitrogens with zero attached hydrogens (tertiary/aromatic N) is 1. The van der Waals surface area contributed by atoms with E-state index in [4.69, 9.17) is 0 Å². The van der Waals surface area contributed by atoms with Crippen molar-refractivity contribution in [2.45, 2.75) is 12.8 Å². The van der Waals surface area contributed by atoms with Crippen molar-refractivity contribution in [1.82, 2.24) is 10.2 Å². The minimum atomic E-state index is -0.166. The van der Waals surface area contributed by atoms with Gasteiger partial charge >= 0.3 is 0 Å².